The van der Waals surface area contributed by atoms with Gasteiger partial charge >= 0.3 is 0 Å². The van der Waals surface area contributed by atoms with Crippen LogP contribution in [0.4, 0.5) is 18.9 Å². The predicted molar refractivity (Wildman–Crippen MR) is 71.6 cm³/mol. The molecule has 6 heteroatoms. The van der Waals surface area contributed by atoms with Crippen molar-refractivity contribution in [2.45, 2.75) is 6.54 Å². The van der Waals surface area contributed by atoms with Gasteiger partial charge in [-0.1, -0.05) is 17.7 Å². The molecule has 0 saturated carbocycles. The van der Waals surface area contributed by atoms with E-state index in [0.717, 1.165) is 11.6 Å². The molecule has 0 unspecified atom stereocenters. The zero-order valence-electron chi connectivity index (χ0n) is 10.5. The highest BCUT2D eigenvalue weighted by Crippen LogP contribution is 2.26. The molecule has 0 atom stereocenters. The van der Waals surface area contributed by atoms with Gasteiger partial charge in [0.2, 0.25) is 0 Å². The predicted octanol–water partition coefficient (Wildman–Crippen LogP) is 4.38. The number of anilines is 1. The Hall–Kier alpha value is -1.88. The van der Waals surface area contributed by atoms with Crippen LogP contribution in [0.3, 0.4) is 0 Å². The highest BCUT2D eigenvalue weighted by Gasteiger charge is 2.11. The number of ether oxygens (including phenoxy) is 1. The fraction of sp³-hybridized carbons (Fsp3) is 0.143. The number of rotatable bonds is 4. The van der Waals surface area contributed by atoms with E-state index in [1.165, 1.54) is 7.11 Å². The lowest BCUT2D eigenvalue weighted by molar-refractivity contribution is 0.415. The minimum absolute atomic E-state index is 0.170. The van der Waals surface area contributed by atoms with Gasteiger partial charge in [-0.15, -0.1) is 0 Å². The summed E-state index contributed by atoms with van der Waals surface area (Å²) in [6.07, 6.45) is 0. The molecule has 0 heterocycles. The Morgan fingerprint density at radius 2 is 1.90 bits per heavy atom. The number of hydrogen-bond acceptors (Lipinski definition) is 2. The third kappa shape index (κ3) is 3.17. The summed E-state index contributed by atoms with van der Waals surface area (Å²) in [6.45, 7) is 0.170. The van der Waals surface area contributed by atoms with Gasteiger partial charge in [0.15, 0.2) is 11.6 Å². The normalized spacial score (nSPS) is 10.4. The molecule has 1 N–H and O–H groups in total. The van der Waals surface area contributed by atoms with Crippen molar-refractivity contribution in [2.75, 3.05) is 12.4 Å². The molecule has 2 aromatic carbocycles. The third-order valence-corrected chi connectivity index (χ3v) is 2.99. The van der Waals surface area contributed by atoms with Crippen molar-refractivity contribution in [3.05, 3.63) is 58.4 Å². The summed E-state index contributed by atoms with van der Waals surface area (Å²) in [7, 11) is 1.49. The van der Waals surface area contributed by atoms with Crippen LogP contribution in [0.5, 0.6) is 5.75 Å². The van der Waals surface area contributed by atoms with Crippen LogP contribution in [0.2, 0.25) is 5.02 Å². The van der Waals surface area contributed by atoms with E-state index in [4.69, 9.17) is 16.3 Å². The second-order valence-electron chi connectivity index (χ2n) is 4.07. The van der Waals surface area contributed by atoms with E-state index >= 15 is 0 Å². The van der Waals surface area contributed by atoms with Gasteiger partial charge in [0.1, 0.15) is 11.6 Å². The minimum Gasteiger partial charge on any atom is -0.495 e. The molecule has 0 radical (unpaired) electrons. The van der Waals surface area contributed by atoms with Crippen molar-refractivity contribution in [2.24, 2.45) is 0 Å². The molecule has 0 aromatic heterocycles. The standard InChI is InChI=1S/C14H11ClF3NO/c1-20-13-3-2-8(4-10(13)15)7-19-12-6-9(16)5-11(17)14(12)18/h2-6,19H,7H2,1H3. The lowest BCUT2D eigenvalue weighted by atomic mass is 10.2. The second-order valence-corrected chi connectivity index (χ2v) is 4.48. The molecule has 0 aliphatic heterocycles. The number of nitrogens with one attached hydrogen (secondary N) is 1. The second kappa shape index (κ2) is 6.05. The van der Waals surface area contributed by atoms with E-state index in [2.05, 4.69) is 5.32 Å². The molecule has 20 heavy (non-hydrogen) atoms. The molecule has 0 aliphatic rings. The first-order valence-corrected chi connectivity index (χ1v) is 6.10. The summed E-state index contributed by atoms with van der Waals surface area (Å²) in [5, 5.41) is 3.02. The van der Waals surface area contributed by atoms with Gasteiger partial charge in [-0.2, -0.15) is 0 Å². The minimum atomic E-state index is -1.24. The topological polar surface area (TPSA) is 21.3 Å². The van der Waals surface area contributed by atoms with Gasteiger partial charge < -0.3 is 10.1 Å². The van der Waals surface area contributed by atoms with Crippen LogP contribution in [0.25, 0.3) is 0 Å². The first kappa shape index (κ1) is 14.5. The van der Waals surface area contributed by atoms with Gasteiger partial charge in [0.05, 0.1) is 17.8 Å². The molecule has 0 fully saturated rings. The van der Waals surface area contributed by atoms with Crippen LogP contribution in [-0.4, -0.2) is 7.11 Å². The van der Waals surface area contributed by atoms with Gasteiger partial charge in [0, 0.05) is 18.7 Å². The highest BCUT2D eigenvalue weighted by molar-refractivity contribution is 6.32. The molecule has 2 aromatic rings. The Morgan fingerprint density at radius 3 is 2.55 bits per heavy atom. The Labute approximate surface area is 119 Å². The maximum absolute atomic E-state index is 13.4. The average Bonchev–Trinajstić information content (AvgIpc) is 2.41. The molecule has 0 spiro atoms. The lowest BCUT2D eigenvalue weighted by Gasteiger charge is -2.10. The fourth-order valence-electron chi connectivity index (χ4n) is 1.70. The van der Waals surface area contributed by atoms with E-state index < -0.39 is 17.5 Å². The quantitative estimate of drug-likeness (QED) is 0.846. The first-order valence-electron chi connectivity index (χ1n) is 5.72. The molecule has 0 saturated heterocycles. The van der Waals surface area contributed by atoms with E-state index in [0.29, 0.717) is 16.8 Å². The zero-order valence-corrected chi connectivity index (χ0v) is 11.3. The van der Waals surface area contributed by atoms with Crippen LogP contribution in [0, 0.1) is 17.5 Å². The van der Waals surface area contributed by atoms with Crippen molar-refractivity contribution in [1.82, 2.24) is 0 Å². The van der Waals surface area contributed by atoms with Crippen LogP contribution < -0.4 is 10.1 Å². The van der Waals surface area contributed by atoms with E-state index in [9.17, 15) is 13.2 Å². The van der Waals surface area contributed by atoms with Gasteiger partial charge in [-0.25, -0.2) is 13.2 Å². The molecule has 0 amide bonds. The van der Waals surface area contributed by atoms with Crippen molar-refractivity contribution < 1.29 is 17.9 Å². The first-order chi connectivity index (χ1) is 9.51. The summed E-state index contributed by atoms with van der Waals surface area (Å²) in [5.41, 5.74) is 0.481. The third-order valence-electron chi connectivity index (χ3n) is 2.69. The summed E-state index contributed by atoms with van der Waals surface area (Å²) < 4.78 is 44.5. The largest absolute Gasteiger partial charge is 0.495 e. The molecule has 106 valence electrons. The maximum Gasteiger partial charge on any atom is 0.182 e. The molecule has 0 bridgehead atoms. The van der Waals surface area contributed by atoms with Crippen LogP contribution >= 0.6 is 11.6 Å². The monoisotopic (exact) mass is 301 g/mol. The van der Waals surface area contributed by atoms with Crippen molar-refractivity contribution in [1.29, 1.82) is 0 Å². The average molecular weight is 302 g/mol. The number of hydrogen-bond donors (Lipinski definition) is 1. The molecule has 2 rings (SSSR count). The van der Waals surface area contributed by atoms with Gasteiger partial charge in [0.25, 0.3) is 0 Å². The zero-order chi connectivity index (χ0) is 14.7. The lowest BCUT2D eigenvalue weighted by Crippen LogP contribution is -2.03. The van der Waals surface area contributed by atoms with Crippen molar-refractivity contribution >= 4 is 17.3 Å². The number of methoxy groups -OCH3 is 1. The fourth-order valence-corrected chi connectivity index (χ4v) is 1.98. The van der Waals surface area contributed by atoms with Crippen molar-refractivity contribution in [3.8, 4) is 5.75 Å². The Morgan fingerprint density at radius 1 is 1.15 bits per heavy atom. The Bertz CT molecular complexity index is 634. The molecular formula is C14H11ClF3NO. The van der Waals surface area contributed by atoms with Crippen LogP contribution in [-0.2, 0) is 6.54 Å². The molecular weight excluding hydrogens is 291 g/mol. The molecule has 2 nitrogen and oxygen atoms in total. The van der Waals surface area contributed by atoms with Crippen LogP contribution in [0.15, 0.2) is 30.3 Å². The van der Waals surface area contributed by atoms with Gasteiger partial charge in [-0.05, 0) is 17.7 Å². The maximum atomic E-state index is 13.4. The Kier molecular flexibility index (Phi) is 4.39. The van der Waals surface area contributed by atoms with Crippen LogP contribution in [0.1, 0.15) is 5.56 Å². The van der Waals surface area contributed by atoms with E-state index in [-0.39, 0.29) is 12.2 Å². The van der Waals surface area contributed by atoms with E-state index in [1.54, 1.807) is 18.2 Å². The van der Waals surface area contributed by atoms with Crippen molar-refractivity contribution in [3.63, 3.8) is 0 Å². The van der Waals surface area contributed by atoms with Gasteiger partial charge in [-0.3, -0.25) is 0 Å². The number of benzene rings is 2. The summed E-state index contributed by atoms with van der Waals surface area (Å²) in [4.78, 5) is 0. The summed E-state index contributed by atoms with van der Waals surface area (Å²) >= 11 is 5.95. The number of halogens is 4. The SMILES string of the molecule is COc1ccc(CNc2cc(F)cc(F)c2F)cc1Cl. The van der Waals surface area contributed by atoms with E-state index in [1.807, 2.05) is 0 Å². The summed E-state index contributed by atoms with van der Waals surface area (Å²) in [5.74, 6) is -2.69. The smallest absolute Gasteiger partial charge is 0.182 e. The highest BCUT2D eigenvalue weighted by atomic mass is 35.5. The summed E-state index contributed by atoms with van der Waals surface area (Å²) in [6, 6.07) is 6.38. The Balaban J connectivity index is 2.15. The molecule has 0 aliphatic carbocycles.